The SMILES string of the molecule is CC1(CC(=O)O)C=CC(Cl)=CC1. The molecule has 1 N–H and O–H groups in total. The molecule has 0 saturated carbocycles. The van der Waals surface area contributed by atoms with Gasteiger partial charge in [0.25, 0.3) is 0 Å². The van der Waals surface area contributed by atoms with Crippen LogP contribution in [0.3, 0.4) is 0 Å². The van der Waals surface area contributed by atoms with Crippen molar-refractivity contribution < 1.29 is 9.90 Å². The molecule has 0 heterocycles. The number of halogens is 1. The first-order valence-electron chi connectivity index (χ1n) is 3.78. The quantitative estimate of drug-likeness (QED) is 0.720. The summed E-state index contributed by atoms with van der Waals surface area (Å²) in [6.07, 6.45) is 6.33. The largest absolute Gasteiger partial charge is 0.481 e. The Morgan fingerprint density at radius 2 is 2.50 bits per heavy atom. The van der Waals surface area contributed by atoms with Gasteiger partial charge in [-0.1, -0.05) is 30.7 Å². The van der Waals surface area contributed by atoms with E-state index in [0.717, 1.165) is 0 Å². The molecule has 0 aromatic heterocycles. The fourth-order valence-electron chi connectivity index (χ4n) is 1.22. The number of rotatable bonds is 2. The summed E-state index contributed by atoms with van der Waals surface area (Å²) < 4.78 is 0. The normalized spacial score (nSPS) is 28.3. The molecule has 0 aromatic rings. The van der Waals surface area contributed by atoms with Gasteiger partial charge in [0, 0.05) is 5.03 Å². The molecule has 0 fully saturated rings. The average molecular weight is 187 g/mol. The van der Waals surface area contributed by atoms with E-state index in [4.69, 9.17) is 16.7 Å². The van der Waals surface area contributed by atoms with Gasteiger partial charge in [-0.2, -0.15) is 0 Å². The van der Waals surface area contributed by atoms with Gasteiger partial charge in [-0.25, -0.2) is 0 Å². The molecule has 0 aromatic carbocycles. The van der Waals surface area contributed by atoms with Crippen molar-refractivity contribution in [1.82, 2.24) is 0 Å². The van der Waals surface area contributed by atoms with Gasteiger partial charge in [0.05, 0.1) is 6.42 Å². The molecule has 0 spiro atoms. The first-order valence-corrected chi connectivity index (χ1v) is 4.16. The monoisotopic (exact) mass is 186 g/mol. The maximum absolute atomic E-state index is 10.5. The number of hydrogen-bond donors (Lipinski definition) is 1. The number of carboxylic acids is 1. The summed E-state index contributed by atoms with van der Waals surface area (Å²) in [6.45, 7) is 1.91. The number of hydrogen-bond acceptors (Lipinski definition) is 1. The average Bonchev–Trinajstić information content (AvgIpc) is 1.94. The van der Waals surface area contributed by atoms with E-state index in [0.29, 0.717) is 11.5 Å². The van der Waals surface area contributed by atoms with Crippen LogP contribution in [-0.4, -0.2) is 11.1 Å². The molecular weight excluding hydrogens is 176 g/mol. The minimum atomic E-state index is -0.770. The number of aliphatic carboxylic acids is 1. The smallest absolute Gasteiger partial charge is 0.304 e. The van der Waals surface area contributed by atoms with Crippen molar-refractivity contribution >= 4 is 17.6 Å². The number of allylic oxidation sites excluding steroid dienone is 4. The predicted molar refractivity (Wildman–Crippen MR) is 48.1 cm³/mol. The third-order valence-corrected chi connectivity index (χ3v) is 2.24. The second-order valence-corrected chi connectivity index (χ2v) is 3.79. The van der Waals surface area contributed by atoms with Crippen molar-refractivity contribution in [2.24, 2.45) is 5.41 Å². The fourth-order valence-corrected chi connectivity index (χ4v) is 1.36. The van der Waals surface area contributed by atoms with E-state index in [-0.39, 0.29) is 11.8 Å². The highest BCUT2D eigenvalue weighted by Gasteiger charge is 2.25. The molecule has 0 aliphatic heterocycles. The van der Waals surface area contributed by atoms with Crippen LogP contribution in [0, 0.1) is 5.41 Å². The standard InChI is InChI=1S/C9H11ClO2/c1-9(6-8(11)12)4-2-7(10)3-5-9/h2-4H,5-6H2,1H3,(H,11,12). The molecule has 12 heavy (non-hydrogen) atoms. The highest BCUT2D eigenvalue weighted by Crippen LogP contribution is 2.33. The molecular formula is C9H11ClO2. The van der Waals surface area contributed by atoms with Crippen molar-refractivity contribution in [3.63, 3.8) is 0 Å². The van der Waals surface area contributed by atoms with Crippen LogP contribution in [0.15, 0.2) is 23.3 Å². The van der Waals surface area contributed by atoms with Gasteiger partial charge in [0.2, 0.25) is 0 Å². The van der Waals surface area contributed by atoms with Gasteiger partial charge in [-0.3, -0.25) is 4.79 Å². The predicted octanol–water partition coefficient (Wildman–Crippen LogP) is 2.55. The molecule has 0 saturated heterocycles. The Balaban J connectivity index is 2.65. The summed E-state index contributed by atoms with van der Waals surface area (Å²) in [6, 6.07) is 0. The van der Waals surface area contributed by atoms with Gasteiger partial charge in [-0.15, -0.1) is 0 Å². The lowest BCUT2D eigenvalue weighted by Gasteiger charge is -2.24. The fraction of sp³-hybridized carbons (Fsp3) is 0.444. The van der Waals surface area contributed by atoms with E-state index in [9.17, 15) is 4.79 Å². The first-order chi connectivity index (χ1) is 5.52. The Hall–Kier alpha value is -0.760. The molecule has 0 radical (unpaired) electrons. The molecule has 66 valence electrons. The summed E-state index contributed by atoms with van der Waals surface area (Å²) in [5.74, 6) is -0.770. The van der Waals surface area contributed by atoms with Crippen molar-refractivity contribution in [2.45, 2.75) is 19.8 Å². The lowest BCUT2D eigenvalue weighted by molar-refractivity contribution is -0.138. The molecule has 2 nitrogen and oxygen atoms in total. The molecule has 1 unspecified atom stereocenters. The second-order valence-electron chi connectivity index (χ2n) is 3.35. The van der Waals surface area contributed by atoms with Crippen LogP contribution in [-0.2, 0) is 4.79 Å². The number of carboxylic acid groups (broad SMARTS) is 1. The third-order valence-electron chi connectivity index (χ3n) is 1.96. The Kier molecular flexibility index (Phi) is 2.58. The molecule has 3 heteroatoms. The van der Waals surface area contributed by atoms with E-state index < -0.39 is 5.97 Å². The third kappa shape index (κ3) is 2.38. The van der Waals surface area contributed by atoms with Crippen LogP contribution in [0.5, 0.6) is 0 Å². The van der Waals surface area contributed by atoms with Crippen LogP contribution in [0.4, 0.5) is 0 Å². The molecule has 1 aliphatic rings. The van der Waals surface area contributed by atoms with Crippen molar-refractivity contribution in [3.05, 3.63) is 23.3 Å². The molecule has 1 aliphatic carbocycles. The molecule has 1 rings (SSSR count). The van der Waals surface area contributed by atoms with E-state index in [1.807, 2.05) is 19.1 Å². The van der Waals surface area contributed by atoms with E-state index in [1.165, 1.54) is 0 Å². The van der Waals surface area contributed by atoms with Gasteiger partial charge < -0.3 is 5.11 Å². The maximum Gasteiger partial charge on any atom is 0.304 e. The van der Waals surface area contributed by atoms with Crippen molar-refractivity contribution in [2.75, 3.05) is 0 Å². The zero-order valence-electron chi connectivity index (χ0n) is 6.88. The van der Waals surface area contributed by atoms with Gasteiger partial charge in [-0.05, 0) is 17.9 Å². The Morgan fingerprint density at radius 1 is 1.83 bits per heavy atom. The second kappa shape index (κ2) is 3.31. The summed E-state index contributed by atoms with van der Waals surface area (Å²) in [7, 11) is 0. The minimum absolute atomic E-state index is 0.157. The minimum Gasteiger partial charge on any atom is -0.481 e. The van der Waals surface area contributed by atoms with Gasteiger partial charge >= 0.3 is 5.97 Å². The Morgan fingerprint density at radius 3 is 2.92 bits per heavy atom. The summed E-state index contributed by atoms with van der Waals surface area (Å²) in [5.41, 5.74) is -0.260. The van der Waals surface area contributed by atoms with E-state index >= 15 is 0 Å². The zero-order chi connectivity index (χ0) is 9.19. The summed E-state index contributed by atoms with van der Waals surface area (Å²) in [5, 5.41) is 9.30. The van der Waals surface area contributed by atoms with Crippen molar-refractivity contribution in [1.29, 1.82) is 0 Å². The summed E-state index contributed by atoms with van der Waals surface area (Å²) >= 11 is 5.71. The van der Waals surface area contributed by atoms with Gasteiger partial charge in [0.1, 0.15) is 0 Å². The van der Waals surface area contributed by atoms with E-state index in [1.54, 1.807) is 6.08 Å². The van der Waals surface area contributed by atoms with Crippen LogP contribution in [0.2, 0.25) is 0 Å². The molecule has 0 amide bonds. The zero-order valence-corrected chi connectivity index (χ0v) is 7.64. The lowest BCUT2D eigenvalue weighted by Crippen LogP contribution is -2.18. The first kappa shape index (κ1) is 9.33. The lowest BCUT2D eigenvalue weighted by atomic mass is 9.81. The molecule has 1 atom stereocenters. The Bertz CT molecular complexity index is 255. The van der Waals surface area contributed by atoms with Crippen LogP contribution < -0.4 is 0 Å². The maximum atomic E-state index is 10.5. The molecule has 0 bridgehead atoms. The van der Waals surface area contributed by atoms with Crippen LogP contribution in [0.1, 0.15) is 19.8 Å². The Labute approximate surface area is 76.5 Å². The topological polar surface area (TPSA) is 37.3 Å². The van der Waals surface area contributed by atoms with Crippen molar-refractivity contribution in [3.8, 4) is 0 Å². The highest BCUT2D eigenvalue weighted by atomic mass is 35.5. The van der Waals surface area contributed by atoms with E-state index in [2.05, 4.69) is 0 Å². The summed E-state index contributed by atoms with van der Waals surface area (Å²) in [4.78, 5) is 10.5. The van der Waals surface area contributed by atoms with Crippen LogP contribution in [0.25, 0.3) is 0 Å². The van der Waals surface area contributed by atoms with Gasteiger partial charge in [0.15, 0.2) is 0 Å². The highest BCUT2D eigenvalue weighted by molar-refractivity contribution is 6.31. The number of carbonyl (C=O) groups is 1. The van der Waals surface area contributed by atoms with Crippen LogP contribution >= 0.6 is 11.6 Å².